The van der Waals surface area contributed by atoms with Gasteiger partial charge in [0.05, 0.1) is 0 Å². The quantitative estimate of drug-likeness (QED) is 0.416. The van der Waals surface area contributed by atoms with Crippen LogP contribution in [0.2, 0.25) is 0 Å². The van der Waals surface area contributed by atoms with Gasteiger partial charge < -0.3 is 0 Å². The maximum Gasteiger partial charge on any atom is 0.0439 e. The summed E-state index contributed by atoms with van der Waals surface area (Å²) in [5, 5.41) is 0. The summed E-state index contributed by atoms with van der Waals surface area (Å²) in [6.07, 6.45) is 10.5. The van der Waals surface area contributed by atoms with Gasteiger partial charge in [-0.2, -0.15) is 0 Å². The fourth-order valence-electron chi connectivity index (χ4n) is 1.10. The molecule has 0 saturated carbocycles. The van der Waals surface area contributed by atoms with Gasteiger partial charge in [0.2, 0.25) is 0 Å². The highest BCUT2D eigenvalue weighted by Gasteiger charge is 1.99. The third-order valence-corrected chi connectivity index (χ3v) is 2.26. The number of hydrogen-bond donors (Lipinski definition) is 0. The number of hydrogen-bond acceptors (Lipinski definition) is 0. The van der Waals surface area contributed by atoms with E-state index in [0.717, 1.165) is 12.8 Å². The molecule has 0 atom stereocenters. The molecule has 1 rings (SSSR count). The van der Waals surface area contributed by atoms with Gasteiger partial charge in [-0.1, -0.05) is 35.5 Å². The maximum atomic E-state index is 5.79. The van der Waals surface area contributed by atoms with Crippen molar-refractivity contribution in [2.24, 2.45) is 0 Å². The molecule has 0 aromatic heterocycles. The van der Waals surface area contributed by atoms with Gasteiger partial charge >= 0.3 is 0 Å². The van der Waals surface area contributed by atoms with Gasteiger partial charge in [0.1, 0.15) is 0 Å². The second-order valence-electron chi connectivity index (χ2n) is 2.78. The Balaban J connectivity index is 2.77. The Morgan fingerprint density at radius 1 is 1.27 bits per heavy atom. The van der Waals surface area contributed by atoms with Crippen LogP contribution in [0.1, 0.15) is 19.8 Å². The number of halogens is 1. The molecule has 0 fully saturated rings. The minimum atomic E-state index is 0.671. The van der Waals surface area contributed by atoms with Crippen LogP contribution in [-0.2, 0) is 0 Å². The first-order valence-electron chi connectivity index (χ1n) is 3.89. The molecular weight excluding hydrogens is 156 g/mol. The molecule has 0 nitrogen and oxygen atoms in total. The Morgan fingerprint density at radius 3 is 2.55 bits per heavy atom. The first kappa shape index (κ1) is 8.61. The minimum absolute atomic E-state index is 0.671. The summed E-state index contributed by atoms with van der Waals surface area (Å²) in [6, 6.07) is 0. The first-order chi connectivity index (χ1) is 5.34. The van der Waals surface area contributed by atoms with E-state index < -0.39 is 0 Å². The monoisotopic (exact) mass is 168 g/mol. The van der Waals surface area contributed by atoms with Crippen LogP contribution >= 0.6 is 11.6 Å². The molecule has 0 heterocycles. The molecule has 0 aromatic rings. The smallest absolute Gasteiger partial charge is 0.0439 e. The second kappa shape index (κ2) is 4.40. The van der Waals surface area contributed by atoms with Crippen molar-refractivity contribution >= 4 is 11.6 Å². The molecule has 0 aliphatic heterocycles. The summed E-state index contributed by atoms with van der Waals surface area (Å²) in [5.41, 5.74) is 2.79. The molecule has 0 aromatic carbocycles. The lowest BCUT2D eigenvalue weighted by Gasteiger charge is -2.06. The molecule has 0 N–H and O–H groups in total. The predicted molar refractivity (Wildman–Crippen MR) is 50.9 cm³/mol. The predicted octanol–water partition coefficient (Wildman–Crippen LogP) is 3.45. The van der Waals surface area contributed by atoms with E-state index in [2.05, 4.69) is 31.2 Å². The topological polar surface area (TPSA) is 0 Å². The maximum absolute atomic E-state index is 5.79. The Labute approximate surface area is 73.3 Å². The summed E-state index contributed by atoms with van der Waals surface area (Å²) in [6.45, 7) is 2.15. The second-order valence-corrected chi connectivity index (χ2v) is 3.05. The van der Waals surface area contributed by atoms with Crippen molar-refractivity contribution in [3.8, 4) is 0 Å². The Hall–Kier alpha value is -0.490. The van der Waals surface area contributed by atoms with Gasteiger partial charge in [0.25, 0.3) is 0 Å². The zero-order chi connectivity index (χ0) is 8.10. The van der Waals surface area contributed by atoms with Crippen molar-refractivity contribution in [1.82, 2.24) is 0 Å². The Bertz CT molecular complexity index is 209. The van der Waals surface area contributed by atoms with Gasteiger partial charge in [-0.15, -0.1) is 11.6 Å². The number of alkyl halides is 1. The standard InChI is InChI=1S/C10H13Cl/c1-9-6-4-2-3-5-7-10(9)8-11/h2-5H,6-8H2,1H3/b4-2-,5-3-,10-9+. The van der Waals surface area contributed by atoms with Crippen molar-refractivity contribution in [1.29, 1.82) is 0 Å². The number of allylic oxidation sites excluding steroid dienone is 6. The molecule has 0 radical (unpaired) electrons. The fraction of sp³-hybridized carbons (Fsp3) is 0.400. The van der Waals surface area contributed by atoms with E-state index in [1.807, 2.05) is 0 Å². The zero-order valence-electron chi connectivity index (χ0n) is 6.81. The third-order valence-electron chi connectivity index (χ3n) is 1.94. The van der Waals surface area contributed by atoms with E-state index in [1.165, 1.54) is 11.1 Å². The summed E-state index contributed by atoms with van der Waals surface area (Å²) >= 11 is 5.79. The molecule has 11 heavy (non-hydrogen) atoms. The van der Waals surface area contributed by atoms with Crippen LogP contribution in [0.5, 0.6) is 0 Å². The Kier molecular flexibility index (Phi) is 3.44. The molecule has 0 saturated heterocycles. The SMILES string of the molecule is C/C1=C(\CCl)C/C=C\C=C/C1. The molecule has 0 amide bonds. The summed E-state index contributed by atoms with van der Waals surface area (Å²) in [7, 11) is 0. The van der Waals surface area contributed by atoms with Crippen molar-refractivity contribution in [2.75, 3.05) is 5.88 Å². The van der Waals surface area contributed by atoms with E-state index in [1.54, 1.807) is 0 Å². The van der Waals surface area contributed by atoms with Crippen LogP contribution in [0, 0.1) is 0 Å². The van der Waals surface area contributed by atoms with Gasteiger partial charge in [0, 0.05) is 5.88 Å². The van der Waals surface area contributed by atoms with Crippen molar-refractivity contribution < 1.29 is 0 Å². The minimum Gasteiger partial charge on any atom is -0.122 e. The van der Waals surface area contributed by atoms with Crippen molar-refractivity contribution in [3.05, 3.63) is 35.5 Å². The largest absolute Gasteiger partial charge is 0.122 e. The molecule has 60 valence electrons. The van der Waals surface area contributed by atoms with E-state index in [0.29, 0.717) is 5.88 Å². The molecule has 1 heteroatoms. The highest BCUT2D eigenvalue weighted by molar-refractivity contribution is 6.19. The molecule has 0 spiro atoms. The van der Waals surface area contributed by atoms with Gasteiger partial charge in [-0.3, -0.25) is 0 Å². The van der Waals surface area contributed by atoms with Crippen molar-refractivity contribution in [2.45, 2.75) is 19.8 Å². The van der Waals surface area contributed by atoms with Gasteiger partial charge in [-0.05, 0) is 19.8 Å². The lowest BCUT2D eigenvalue weighted by molar-refractivity contribution is 1.07. The van der Waals surface area contributed by atoms with Crippen LogP contribution in [0.15, 0.2) is 35.5 Å². The number of rotatable bonds is 1. The van der Waals surface area contributed by atoms with Crippen LogP contribution in [0.3, 0.4) is 0 Å². The first-order valence-corrected chi connectivity index (χ1v) is 4.43. The highest BCUT2D eigenvalue weighted by atomic mass is 35.5. The summed E-state index contributed by atoms with van der Waals surface area (Å²) in [5.74, 6) is 0.671. The van der Waals surface area contributed by atoms with Gasteiger partial charge in [0.15, 0.2) is 0 Å². The average Bonchev–Trinajstić information content (AvgIpc) is 1.98. The third kappa shape index (κ3) is 2.55. The lowest BCUT2D eigenvalue weighted by Crippen LogP contribution is -1.90. The molecular formula is C10H13Cl. The zero-order valence-corrected chi connectivity index (χ0v) is 7.56. The molecule has 0 bridgehead atoms. The normalized spacial score (nSPS) is 30.7. The van der Waals surface area contributed by atoms with E-state index >= 15 is 0 Å². The van der Waals surface area contributed by atoms with E-state index in [4.69, 9.17) is 11.6 Å². The molecule has 0 unspecified atom stereocenters. The van der Waals surface area contributed by atoms with Crippen LogP contribution in [-0.4, -0.2) is 5.88 Å². The van der Waals surface area contributed by atoms with Gasteiger partial charge in [-0.25, -0.2) is 0 Å². The van der Waals surface area contributed by atoms with Crippen LogP contribution in [0.25, 0.3) is 0 Å². The fourth-order valence-corrected chi connectivity index (χ4v) is 1.44. The van der Waals surface area contributed by atoms with Crippen LogP contribution in [0.4, 0.5) is 0 Å². The molecule has 1 aliphatic rings. The van der Waals surface area contributed by atoms with Crippen molar-refractivity contribution in [3.63, 3.8) is 0 Å². The summed E-state index contributed by atoms with van der Waals surface area (Å²) < 4.78 is 0. The molecule has 1 aliphatic carbocycles. The summed E-state index contributed by atoms with van der Waals surface area (Å²) in [4.78, 5) is 0. The lowest BCUT2D eigenvalue weighted by atomic mass is 10.0. The highest BCUT2D eigenvalue weighted by Crippen LogP contribution is 2.16. The Morgan fingerprint density at radius 2 is 1.91 bits per heavy atom. The van der Waals surface area contributed by atoms with E-state index in [9.17, 15) is 0 Å². The average molecular weight is 169 g/mol. The van der Waals surface area contributed by atoms with E-state index in [-0.39, 0.29) is 0 Å². The van der Waals surface area contributed by atoms with Crippen LogP contribution < -0.4 is 0 Å².